The maximum Gasteiger partial charge on any atom is 0.302 e. The van der Waals surface area contributed by atoms with E-state index in [1.807, 2.05) is 16.8 Å². The lowest BCUT2D eigenvalue weighted by molar-refractivity contribution is -0.148. The predicted octanol–water partition coefficient (Wildman–Crippen LogP) is 1.26. The third-order valence-corrected chi connectivity index (χ3v) is 4.35. The smallest absolute Gasteiger partial charge is 0.302 e. The molecule has 8 nitrogen and oxygen atoms in total. The van der Waals surface area contributed by atoms with Crippen molar-refractivity contribution in [1.82, 2.24) is 14.5 Å². The molecule has 0 aromatic carbocycles. The van der Waals surface area contributed by atoms with Crippen LogP contribution in [0, 0.1) is 5.92 Å². The monoisotopic (exact) mass is 332 g/mol. The van der Waals surface area contributed by atoms with Gasteiger partial charge in [0, 0.05) is 45.0 Å². The Morgan fingerprint density at radius 1 is 1.38 bits per heavy atom. The van der Waals surface area contributed by atoms with Crippen molar-refractivity contribution < 1.29 is 19.4 Å². The number of aliphatic hydroxyl groups excluding tert-OH is 1. The van der Waals surface area contributed by atoms with E-state index in [0.717, 1.165) is 5.39 Å². The van der Waals surface area contributed by atoms with Crippen LogP contribution in [0.15, 0.2) is 18.6 Å². The van der Waals surface area contributed by atoms with Gasteiger partial charge < -0.3 is 19.7 Å². The first-order chi connectivity index (χ1) is 11.5. The highest BCUT2D eigenvalue weighted by Crippen LogP contribution is 2.38. The molecule has 0 saturated heterocycles. The van der Waals surface area contributed by atoms with Crippen LogP contribution >= 0.6 is 0 Å². The van der Waals surface area contributed by atoms with Crippen molar-refractivity contribution in [2.24, 2.45) is 5.92 Å². The highest BCUT2D eigenvalue weighted by molar-refractivity contribution is 5.97. The Morgan fingerprint density at radius 2 is 2.17 bits per heavy atom. The molecule has 0 aliphatic heterocycles. The molecule has 1 fully saturated rings. The molecule has 2 heterocycles. The molecule has 0 spiro atoms. The van der Waals surface area contributed by atoms with Gasteiger partial charge in [-0.05, 0) is 12.5 Å². The lowest BCUT2D eigenvalue weighted by Crippen LogP contribution is -2.23. The number of fused-ring (bicyclic) bond motifs is 1. The SMILES string of the molecule is CC(=O)Nc1ncnc2c1ccn2[C@H]1C[C@@H](CO)[C@@H](OC(C)=O)C1. The van der Waals surface area contributed by atoms with Crippen molar-refractivity contribution in [1.29, 1.82) is 0 Å². The van der Waals surface area contributed by atoms with Gasteiger partial charge in [0.1, 0.15) is 23.9 Å². The van der Waals surface area contributed by atoms with Gasteiger partial charge in [0.2, 0.25) is 5.91 Å². The molecular formula is C16H20N4O4. The van der Waals surface area contributed by atoms with Gasteiger partial charge in [-0.3, -0.25) is 9.59 Å². The van der Waals surface area contributed by atoms with Gasteiger partial charge in [0.25, 0.3) is 0 Å². The van der Waals surface area contributed by atoms with Gasteiger partial charge in [-0.1, -0.05) is 0 Å². The average Bonchev–Trinajstić information content (AvgIpc) is 3.10. The second-order valence-corrected chi connectivity index (χ2v) is 6.08. The molecule has 1 aliphatic rings. The number of hydrogen-bond donors (Lipinski definition) is 2. The Kier molecular flexibility index (Phi) is 4.48. The number of esters is 1. The summed E-state index contributed by atoms with van der Waals surface area (Å²) in [6, 6.07) is 1.91. The number of anilines is 1. The number of amides is 1. The second kappa shape index (κ2) is 6.56. The first-order valence-corrected chi connectivity index (χ1v) is 7.86. The van der Waals surface area contributed by atoms with Gasteiger partial charge in [0.05, 0.1) is 5.39 Å². The topological polar surface area (TPSA) is 106 Å². The summed E-state index contributed by atoms with van der Waals surface area (Å²) in [5.41, 5.74) is 0.707. The Bertz CT molecular complexity index is 773. The van der Waals surface area contributed by atoms with Crippen molar-refractivity contribution in [3.63, 3.8) is 0 Å². The largest absolute Gasteiger partial charge is 0.462 e. The van der Waals surface area contributed by atoms with Crippen LogP contribution in [0.1, 0.15) is 32.7 Å². The van der Waals surface area contributed by atoms with E-state index >= 15 is 0 Å². The molecule has 1 saturated carbocycles. The average molecular weight is 332 g/mol. The van der Waals surface area contributed by atoms with Crippen molar-refractivity contribution in [2.75, 3.05) is 11.9 Å². The summed E-state index contributed by atoms with van der Waals surface area (Å²) in [4.78, 5) is 31.0. The van der Waals surface area contributed by atoms with Gasteiger partial charge >= 0.3 is 5.97 Å². The summed E-state index contributed by atoms with van der Waals surface area (Å²) in [6.07, 6.45) is 4.31. The molecule has 0 radical (unpaired) electrons. The minimum Gasteiger partial charge on any atom is -0.462 e. The number of carbonyl (C=O) groups is 2. The first kappa shape index (κ1) is 16.4. The standard InChI is InChI=1S/C16H20N4O4/c1-9(22)19-15-13-3-4-20(16(13)18-8-17-15)12-5-11(7-21)14(6-12)24-10(2)23/h3-4,8,11-12,14,21H,5-7H2,1-2H3,(H,17,18,19,22)/t11-,12-,14-/m0/s1. The summed E-state index contributed by atoms with van der Waals surface area (Å²) < 4.78 is 7.32. The van der Waals surface area contributed by atoms with E-state index in [1.165, 1.54) is 20.2 Å². The van der Waals surface area contributed by atoms with Crippen molar-refractivity contribution in [3.8, 4) is 0 Å². The molecule has 3 atom stereocenters. The molecule has 0 bridgehead atoms. The number of aromatic nitrogens is 3. The molecule has 3 rings (SSSR count). The number of hydrogen-bond acceptors (Lipinski definition) is 6. The number of nitrogens with one attached hydrogen (secondary N) is 1. The minimum absolute atomic E-state index is 0.0280. The summed E-state index contributed by atoms with van der Waals surface area (Å²) >= 11 is 0. The van der Waals surface area contributed by atoms with E-state index in [2.05, 4.69) is 15.3 Å². The number of ether oxygens (including phenoxy) is 1. The lowest BCUT2D eigenvalue weighted by atomic mass is 10.1. The fourth-order valence-corrected chi connectivity index (χ4v) is 3.37. The maximum atomic E-state index is 11.3. The van der Waals surface area contributed by atoms with Crippen LogP contribution in [0.5, 0.6) is 0 Å². The Morgan fingerprint density at radius 3 is 2.83 bits per heavy atom. The summed E-state index contributed by atoms with van der Waals surface area (Å²) in [6.45, 7) is 2.77. The van der Waals surface area contributed by atoms with Crippen LogP contribution in [0.25, 0.3) is 11.0 Å². The third-order valence-electron chi connectivity index (χ3n) is 4.35. The highest BCUT2D eigenvalue weighted by atomic mass is 16.5. The molecule has 2 aromatic rings. The summed E-state index contributed by atoms with van der Waals surface area (Å²) in [5.74, 6) is -0.155. The summed E-state index contributed by atoms with van der Waals surface area (Å²) in [5, 5.41) is 13.0. The maximum absolute atomic E-state index is 11.3. The van der Waals surface area contributed by atoms with Crippen molar-refractivity contribution in [3.05, 3.63) is 18.6 Å². The van der Waals surface area contributed by atoms with E-state index in [-0.39, 0.29) is 36.5 Å². The van der Waals surface area contributed by atoms with Crippen LogP contribution in [0.4, 0.5) is 5.82 Å². The number of nitrogens with zero attached hydrogens (tertiary/aromatic N) is 3. The zero-order valence-corrected chi connectivity index (χ0v) is 13.6. The fraction of sp³-hybridized carbons (Fsp3) is 0.500. The van der Waals surface area contributed by atoms with Crippen LogP contribution in [0.2, 0.25) is 0 Å². The highest BCUT2D eigenvalue weighted by Gasteiger charge is 2.37. The molecule has 0 unspecified atom stereocenters. The number of aliphatic hydroxyl groups is 1. The molecule has 24 heavy (non-hydrogen) atoms. The molecule has 1 aliphatic carbocycles. The second-order valence-electron chi connectivity index (χ2n) is 6.08. The quantitative estimate of drug-likeness (QED) is 0.817. The van der Waals surface area contributed by atoms with E-state index < -0.39 is 0 Å². The molecule has 8 heteroatoms. The van der Waals surface area contributed by atoms with Gasteiger partial charge in [-0.15, -0.1) is 0 Å². The molecule has 128 valence electrons. The van der Waals surface area contributed by atoms with Crippen molar-refractivity contribution in [2.45, 2.75) is 38.8 Å². The molecule has 2 aromatic heterocycles. The zero-order chi connectivity index (χ0) is 17.3. The Balaban J connectivity index is 1.90. The zero-order valence-electron chi connectivity index (χ0n) is 13.6. The molecule has 2 N–H and O–H groups in total. The van der Waals surface area contributed by atoms with Crippen LogP contribution in [-0.4, -0.2) is 44.2 Å². The van der Waals surface area contributed by atoms with Crippen molar-refractivity contribution >= 4 is 28.7 Å². The summed E-state index contributed by atoms with van der Waals surface area (Å²) in [7, 11) is 0. The third kappa shape index (κ3) is 3.09. The van der Waals surface area contributed by atoms with Crippen LogP contribution < -0.4 is 5.32 Å². The van der Waals surface area contributed by atoms with Crippen LogP contribution in [0.3, 0.4) is 0 Å². The first-order valence-electron chi connectivity index (χ1n) is 7.86. The van der Waals surface area contributed by atoms with E-state index in [4.69, 9.17) is 4.74 Å². The Labute approximate surface area is 138 Å². The van der Waals surface area contributed by atoms with E-state index in [1.54, 1.807) is 0 Å². The van der Waals surface area contributed by atoms with Gasteiger partial charge in [-0.2, -0.15) is 0 Å². The van der Waals surface area contributed by atoms with Gasteiger partial charge in [0.15, 0.2) is 0 Å². The number of carbonyl (C=O) groups excluding carboxylic acids is 2. The molecular weight excluding hydrogens is 312 g/mol. The minimum atomic E-state index is -0.341. The lowest BCUT2D eigenvalue weighted by Gasteiger charge is -2.16. The van der Waals surface area contributed by atoms with Gasteiger partial charge in [-0.25, -0.2) is 9.97 Å². The fourth-order valence-electron chi connectivity index (χ4n) is 3.37. The predicted molar refractivity (Wildman–Crippen MR) is 86.2 cm³/mol. The van der Waals surface area contributed by atoms with E-state index in [0.29, 0.717) is 24.3 Å². The van der Waals surface area contributed by atoms with Crippen LogP contribution in [-0.2, 0) is 14.3 Å². The Hall–Kier alpha value is -2.48. The van der Waals surface area contributed by atoms with E-state index in [9.17, 15) is 14.7 Å². The normalized spacial score (nSPS) is 23.4. The molecule has 1 amide bonds. The number of rotatable bonds is 4.